The second-order valence-corrected chi connectivity index (χ2v) is 4.09. The highest BCUT2D eigenvalue weighted by Gasteiger charge is 2.01. The van der Waals surface area contributed by atoms with Crippen LogP contribution < -0.4 is 11.1 Å². The van der Waals surface area contributed by atoms with Crippen LogP contribution in [0.25, 0.3) is 0 Å². The average molecular weight is 386 g/mol. The molecule has 0 amide bonds. The van der Waals surface area contributed by atoms with Crippen molar-refractivity contribution >= 4 is 41.5 Å². The Morgan fingerprint density at radius 1 is 1.50 bits per heavy atom. The summed E-state index contributed by atoms with van der Waals surface area (Å²) in [5.74, 6) is 0.112. The van der Waals surface area contributed by atoms with Crippen molar-refractivity contribution in [1.82, 2.24) is 5.32 Å². The number of nitrogens with one attached hydrogen (secondary N) is 1. The van der Waals surface area contributed by atoms with Gasteiger partial charge in [-0.05, 0) is 30.5 Å². The van der Waals surface area contributed by atoms with Crippen molar-refractivity contribution in [2.75, 3.05) is 13.1 Å². The molecule has 3 nitrogen and oxygen atoms in total. The fourth-order valence-corrected chi connectivity index (χ4v) is 1.60. The van der Waals surface area contributed by atoms with E-state index in [9.17, 15) is 4.39 Å². The predicted octanol–water partition coefficient (Wildman–Crippen LogP) is 2.95. The van der Waals surface area contributed by atoms with Crippen molar-refractivity contribution in [2.45, 2.75) is 19.8 Å². The molecule has 3 N–H and O–H groups in total. The number of hydrogen-bond donors (Lipinski definition) is 2. The first-order chi connectivity index (χ1) is 8.13. The lowest BCUT2D eigenvalue weighted by Crippen LogP contribution is -2.33. The molecule has 0 aliphatic carbocycles. The molecule has 0 spiro atoms. The molecular formula is C12H18ClFIN3. The first kappa shape index (κ1) is 17.4. The summed E-state index contributed by atoms with van der Waals surface area (Å²) in [7, 11) is 0. The standard InChI is InChI=1S/C12H17ClFN3.HI/c1-2-6-16-12(15)17-7-5-9-3-4-10(14)8-11(9)13;/h3-4,8H,2,5-7H2,1H3,(H3,15,16,17);1H. The van der Waals surface area contributed by atoms with Gasteiger partial charge in [0, 0.05) is 18.1 Å². The topological polar surface area (TPSA) is 50.4 Å². The van der Waals surface area contributed by atoms with Gasteiger partial charge >= 0.3 is 0 Å². The lowest BCUT2D eigenvalue weighted by molar-refractivity contribution is 0.627. The van der Waals surface area contributed by atoms with Gasteiger partial charge in [0.2, 0.25) is 0 Å². The van der Waals surface area contributed by atoms with Gasteiger partial charge in [0.1, 0.15) is 5.82 Å². The van der Waals surface area contributed by atoms with E-state index in [1.54, 1.807) is 6.07 Å². The van der Waals surface area contributed by atoms with E-state index in [0.717, 1.165) is 18.5 Å². The van der Waals surface area contributed by atoms with E-state index >= 15 is 0 Å². The molecule has 0 atom stereocenters. The van der Waals surface area contributed by atoms with Crippen LogP contribution in [0.4, 0.5) is 4.39 Å². The van der Waals surface area contributed by atoms with E-state index < -0.39 is 0 Å². The van der Waals surface area contributed by atoms with Crippen LogP contribution in [0.1, 0.15) is 18.9 Å². The van der Waals surface area contributed by atoms with Crippen LogP contribution >= 0.6 is 35.6 Å². The third-order valence-electron chi connectivity index (χ3n) is 2.22. The smallest absolute Gasteiger partial charge is 0.188 e. The van der Waals surface area contributed by atoms with Gasteiger partial charge in [-0.15, -0.1) is 24.0 Å². The molecule has 0 aliphatic heterocycles. The van der Waals surface area contributed by atoms with Crippen LogP contribution in [0.3, 0.4) is 0 Å². The van der Waals surface area contributed by atoms with Crippen LogP contribution in [-0.2, 0) is 6.42 Å². The Morgan fingerprint density at radius 2 is 2.22 bits per heavy atom. The van der Waals surface area contributed by atoms with Gasteiger partial charge in [-0.25, -0.2) is 4.39 Å². The largest absolute Gasteiger partial charge is 0.370 e. The fraction of sp³-hybridized carbons (Fsp3) is 0.417. The first-order valence-corrected chi connectivity index (χ1v) is 5.99. The Balaban J connectivity index is 0.00000289. The number of rotatable bonds is 5. The Morgan fingerprint density at radius 3 is 2.83 bits per heavy atom. The zero-order chi connectivity index (χ0) is 12.7. The number of halogens is 3. The summed E-state index contributed by atoms with van der Waals surface area (Å²) in [5.41, 5.74) is 6.52. The van der Waals surface area contributed by atoms with Crippen molar-refractivity contribution in [1.29, 1.82) is 0 Å². The van der Waals surface area contributed by atoms with Gasteiger partial charge in [-0.1, -0.05) is 24.6 Å². The molecule has 0 heterocycles. The number of nitrogens with two attached hydrogens (primary N) is 1. The van der Waals surface area contributed by atoms with Crippen LogP contribution in [0.2, 0.25) is 5.02 Å². The van der Waals surface area contributed by atoms with Crippen molar-refractivity contribution in [2.24, 2.45) is 10.7 Å². The molecule has 6 heteroatoms. The summed E-state index contributed by atoms with van der Waals surface area (Å²) in [6.07, 6.45) is 1.65. The highest BCUT2D eigenvalue weighted by atomic mass is 127. The second kappa shape index (κ2) is 9.38. The fourth-order valence-electron chi connectivity index (χ4n) is 1.34. The zero-order valence-electron chi connectivity index (χ0n) is 10.2. The molecule has 0 saturated heterocycles. The normalized spacial score (nSPS) is 10.9. The summed E-state index contributed by atoms with van der Waals surface area (Å²) < 4.78 is 12.8. The van der Waals surface area contributed by atoms with E-state index in [4.69, 9.17) is 17.3 Å². The van der Waals surface area contributed by atoms with E-state index in [2.05, 4.69) is 10.3 Å². The molecule has 0 fully saturated rings. The van der Waals surface area contributed by atoms with E-state index in [1.165, 1.54) is 12.1 Å². The SMILES string of the molecule is CCCN=C(N)NCCc1ccc(F)cc1Cl.I. The highest BCUT2D eigenvalue weighted by Crippen LogP contribution is 2.17. The first-order valence-electron chi connectivity index (χ1n) is 5.61. The Kier molecular flexibility index (Phi) is 9.09. The van der Waals surface area contributed by atoms with Gasteiger partial charge in [0.15, 0.2) is 5.96 Å². The van der Waals surface area contributed by atoms with Crippen LogP contribution in [0.15, 0.2) is 23.2 Å². The molecule has 0 radical (unpaired) electrons. The summed E-state index contributed by atoms with van der Waals surface area (Å²) in [6, 6.07) is 4.39. The maximum absolute atomic E-state index is 12.8. The van der Waals surface area contributed by atoms with Gasteiger partial charge in [-0.2, -0.15) is 0 Å². The Bertz CT molecular complexity index is 399. The Labute approximate surface area is 129 Å². The number of guanidine groups is 1. The maximum atomic E-state index is 12.8. The van der Waals surface area contributed by atoms with E-state index in [1.807, 2.05) is 6.92 Å². The average Bonchev–Trinajstić information content (AvgIpc) is 2.29. The number of aliphatic imine (C=N–C) groups is 1. The molecule has 1 rings (SSSR count). The molecule has 0 aliphatic rings. The number of nitrogens with zero attached hydrogens (tertiary/aromatic N) is 1. The summed E-state index contributed by atoms with van der Waals surface area (Å²) in [5, 5.41) is 3.42. The molecule has 0 unspecified atom stereocenters. The summed E-state index contributed by atoms with van der Waals surface area (Å²) in [4.78, 5) is 4.10. The number of benzene rings is 1. The van der Waals surface area contributed by atoms with Crippen molar-refractivity contribution < 1.29 is 4.39 Å². The minimum Gasteiger partial charge on any atom is -0.370 e. The lowest BCUT2D eigenvalue weighted by atomic mass is 10.1. The molecule has 18 heavy (non-hydrogen) atoms. The van der Waals surface area contributed by atoms with Crippen LogP contribution in [-0.4, -0.2) is 19.0 Å². The van der Waals surface area contributed by atoms with E-state index in [-0.39, 0.29) is 29.8 Å². The van der Waals surface area contributed by atoms with Crippen molar-refractivity contribution in [3.63, 3.8) is 0 Å². The minimum atomic E-state index is -0.323. The van der Waals surface area contributed by atoms with Gasteiger partial charge < -0.3 is 11.1 Å². The Hall–Kier alpha value is -0.560. The summed E-state index contributed by atoms with van der Waals surface area (Å²) in [6.45, 7) is 3.38. The molecule has 1 aromatic rings. The van der Waals surface area contributed by atoms with Crippen molar-refractivity contribution in [3.8, 4) is 0 Å². The van der Waals surface area contributed by atoms with Crippen LogP contribution in [0, 0.1) is 5.82 Å². The number of hydrogen-bond acceptors (Lipinski definition) is 1. The molecule has 0 bridgehead atoms. The molecule has 0 saturated carbocycles. The highest BCUT2D eigenvalue weighted by molar-refractivity contribution is 14.0. The maximum Gasteiger partial charge on any atom is 0.188 e. The molecule has 102 valence electrons. The predicted molar refractivity (Wildman–Crippen MR) is 85.3 cm³/mol. The summed E-state index contributed by atoms with van der Waals surface area (Å²) >= 11 is 5.90. The quantitative estimate of drug-likeness (QED) is 0.465. The minimum absolute atomic E-state index is 0. The molecular weight excluding hydrogens is 368 g/mol. The van der Waals surface area contributed by atoms with Crippen molar-refractivity contribution in [3.05, 3.63) is 34.6 Å². The van der Waals surface area contributed by atoms with Crippen LogP contribution in [0.5, 0.6) is 0 Å². The zero-order valence-corrected chi connectivity index (χ0v) is 13.3. The van der Waals surface area contributed by atoms with Gasteiger partial charge in [-0.3, -0.25) is 4.99 Å². The monoisotopic (exact) mass is 385 g/mol. The lowest BCUT2D eigenvalue weighted by Gasteiger charge is -2.07. The molecule has 1 aromatic carbocycles. The second-order valence-electron chi connectivity index (χ2n) is 3.68. The molecule has 0 aromatic heterocycles. The van der Waals surface area contributed by atoms with Gasteiger partial charge in [0.05, 0.1) is 0 Å². The third kappa shape index (κ3) is 6.39. The van der Waals surface area contributed by atoms with Gasteiger partial charge in [0.25, 0.3) is 0 Å². The third-order valence-corrected chi connectivity index (χ3v) is 2.57. The van der Waals surface area contributed by atoms with E-state index in [0.29, 0.717) is 23.9 Å².